The van der Waals surface area contributed by atoms with Crippen LogP contribution in [0.3, 0.4) is 0 Å². The number of aliphatic carboxylic acids is 1. The highest BCUT2D eigenvalue weighted by atomic mass is 16.4. The number of nitrogens with zero attached hydrogens (tertiary/aromatic N) is 3. The van der Waals surface area contributed by atoms with Crippen molar-refractivity contribution in [3.05, 3.63) is 36.7 Å². The number of carboxylic acids is 1. The summed E-state index contributed by atoms with van der Waals surface area (Å²) in [4.78, 5) is 30.4. The zero-order chi connectivity index (χ0) is 18.3. The molecular formula is C19H22N4O3. The second-order valence-corrected chi connectivity index (χ2v) is 7.30. The molecule has 136 valence electrons. The molecule has 2 aliphatic rings. The average molecular weight is 354 g/mol. The Kier molecular flexibility index (Phi) is 3.94. The monoisotopic (exact) mass is 354 g/mol. The molecule has 1 saturated heterocycles. The molecular weight excluding hydrogens is 332 g/mol. The number of carbonyl (C=O) groups is 2. The maximum Gasteiger partial charge on any atom is 0.321 e. The van der Waals surface area contributed by atoms with E-state index in [9.17, 15) is 14.7 Å². The number of aryl methyl sites for hydroxylation is 1. The number of anilines is 1. The number of fused-ring (bicyclic) bond motifs is 1. The summed E-state index contributed by atoms with van der Waals surface area (Å²) in [5.41, 5.74) is 0.833. The van der Waals surface area contributed by atoms with Crippen LogP contribution < -0.4 is 5.32 Å². The van der Waals surface area contributed by atoms with E-state index in [0.717, 1.165) is 24.2 Å². The third-order valence-electron chi connectivity index (χ3n) is 5.78. The number of imidazole rings is 1. The van der Waals surface area contributed by atoms with Crippen molar-refractivity contribution < 1.29 is 14.7 Å². The van der Waals surface area contributed by atoms with Gasteiger partial charge < -0.3 is 19.9 Å². The molecule has 1 aliphatic heterocycles. The maximum atomic E-state index is 12.7. The molecule has 1 saturated carbocycles. The Morgan fingerprint density at radius 1 is 1.38 bits per heavy atom. The molecule has 7 nitrogen and oxygen atoms in total. The summed E-state index contributed by atoms with van der Waals surface area (Å²) in [5.74, 6) is 0.110. The molecule has 2 amide bonds. The first-order valence-corrected chi connectivity index (χ1v) is 8.87. The van der Waals surface area contributed by atoms with Crippen molar-refractivity contribution in [1.29, 1.82) is 0 Å². The molecule has 0 bridgehead atoms. The molecule has 26 heavy (non-hydrogen) atoms. The fourth-order valence-electron chi connectivity index (χ4n) is 4.38. The van der Waals surface area contributed by atoms with E-state index in [1.807, 2.05) is 42.1 Å². The molecule has 2 N–H and O–H groups in total. The van der Waals surface area contributed by atoms with Crippen LogP contribution in [0.5, 0.6) is 0 Å². The molecule has 4 rings (SSSR count). The number of likely N-dealkylation sites (tertiary alicyclic amines) is 1. The van der Waals surface area contributed by atoms with Gasteiger partial charge in [-0.3, -0.25) is 4.79 Å². The van der Waals surface area contributed by atoms with E-state index in [1.54, 1.807) is 11.1 Å². The number of carboxylic acid groups (broad SMARTS) is 1. The lowest BCUT2D eigenvalue weighted by Crippen LogP contribution is -2.38. The number of aromatic nitrogens is 2. The minimum Gasteiger partial charge on any atom is -0.481 e. The SMILES string of the molecule is Cn1ccnc1-c1cccc(NC(=O)N2C[C@@H]3CCC[C@@]3(C(=O)O)C2)c1. The lowest BCUT2D eigenvalue weighted by Gasteiger charge is -2.23. The third kappa shape index (κ3) is 2.64. The Bertz CT molecular complexity index is 862. The predicted molar refractivity (Wildman–Crippen MR) is 96.6 cm³/mol. The highest BCUT2D eigenvalue weighted by molar-refractivity contribution is 5.91. The van der Waals surface area contributed by atoms with Crippen molar-refractivity contribution >= 4 is 17.7 Å². The Morgan fingerprint density at radius 2 is 2.23 bits per heavy atom. The smallest absolute Gasteiger partial charge is 0.321 e. The first kappa shape index (κ1) is 16.6. The van der Waals surface area contributed by atoms with Crippen molar-refractivity contribution in [1.82, 2.24) is 14.5 Å². The summed E-state index contributed by atoms with van der Waals surface area (Å²) >= 11 is 0. The van der Waals surface area contributed by atoms with Gasteiger partial charge in [0.2, 0.25) is 0 Å². The fraction of sp³-hybridized carbons (Fsp3) is 0.421. The number of hydrogen-bond acceptors (Lipinski definition) is 3. The van der Waals surface area contributed by atoms with E-state index in [4.69, 9.17) is 0 Å². The number of urea groups is 1. The lowest BCUT2D eigenvalue weighted by atomic mass is 9.81. The van der Waals surface area contributed by atoms with Gasteiger partial charge in [-0.25, -0.2) is 9.78 Å². The van der Waals surface area contributed by atoms with Crippen LogP contribution >= 0.6 is 0 Å². The molecule has 7 heteroatoms. The van der Waals surface area contributed by atoms with Gasteiger partial charge in [0.05, 0.1) is 5.41 Å². The summed E-state index contributed by atoms with van der Waals surface area (Å²) in [7, 11) is 1.92. The van der Waals surface area contributed by atoms with Crippen molar-refractivity contribution in [2.75, 3.05) is 18.4 Å². The largest absolute Gasteiger partial charge is 0.481 e. The molecule has 0 spiro atoms. The zero-order valence-corrected chi connectivity index (χ0v) is 14.7. The van der Waals surface area contributed by atoms with E-state index >= 15 is 0 Å². The summed E-state index contributed by atoms with van der Waals surface area (Å²) in [6.07, 6.45) is 6.07. The second-order valence-electron chi connectivity index (χ2n) is 7.30. The van der Waals surface area contributed by atoms with Gasteiger partial charge in [-0.1, -0.05) is 18.6 Å². The van der Waals surface area contributed by atoms with Crippen molar-refractivity contribution in [3.63, 3.8) is 0 Å². The standard InChI is InChI=1S/C19H22N4O3/c1-22-9-8-20-16(22)13-4-2-6-15(10-13)21-18(26)23-11-14-5-3-7-19(14,12-23)17(24)25/h2,4,6,8-10,14H,3,5,7,11-12H2,1H3,(H,21,26)(H,24,25)/t14-,19+/m0/s1. The van der Waals surface area contributed by atoms with Gasteiger partial charge in [-0.05, 0) is 30.9 Å². The molecule has 2 atom stereocenters. The van der Waals surface area contributed by atoms with Gasteiger partial charge in [0, 0.05) is 43.8 Å². The highest BCUT2D eigenvalue weighted by Gasteiger charge is 2.55. The Labute approximate surface area is 151 Å². The van der Waals surface area contributed by atoms with Crippen LogP contribution in [-0.2, 0) is 11.8 Å². The first-order chi connectivity index (χ1) is 12.5. The van der Waals surface area contributed by atoms with E-state index in [-0.39, 0.29) is 18.5 Å². The van der Waals surface area contributed by atoms with Crippen LogP contribution in [0.25, 0.3) is 11.4 Å². The summed E-state index contributed by atoms with van der Waals surface area (Å²) < 4.78 is 1.92. The summed E-state index contributed by atoms with van der Waals surface area (Å²) in [5, 5.41) is 12.6. The summed E-state index contributed by atoms with van der Waals surface area (Å²) in [6.45, 7) is 0.801. The second kappa shape index (κ2) is 6.16. The molecule has 1 aromatic carbocycles. The minimum absolute atomic E-state index is 0.0599. The lowest BCUT2D eigenvalue weighted by molar-refractivity contribution is -0.149. The van der Waals surface area contributed by atoms with Crippen LogP contribution in [0.2, 0.25) is 0 Å². The summed E-state index contributed by atoms with van der Waals surface area (Å²) in [6, 6.07) is 7.28. The Balaban J connectivity index is 1.50. The number of carbonyl (C=O) groups excluding carboxylic acids is 1. The molecule has 1 aliphatic carbocycles. The molecule has 0 radical (unpaired) electrons. The van der Waals surface area contributed by atoms with Gasteiger partial charge in [0.25, 0.3) is 0 Å². The fourth-order valence-corrected chi connectivity index (χ4v) is 4.38. The van der Waals surface area contributed by atoms with Crippen LogP contribution in [0.4, 0.5) is 10.5 Å². The van der Waals surface area contributed by atoms with Gasteiger partial charge in [0.1, 0.15) is 5.82 Å². The first-order valence-electron chi connectivity index (χ1n) is 8.87. The Morgan fingerprint density at radius 3 is 2.92 bits per heavy atom. The quantitative estimate of drug-likeness (QED) is 0.887. The predicted octanol–water partition coefficient (Wildman–Crippen LogP) is 2.81. The molecule has 2 aromatic rings. The minimum atomic E-state index is -0.771. The zero-order valence-electron chi connectivity index (χ0n) is 14.7. The van der Waals surface area contributed by atoms with Crippen molar-refractivity contribution in [2.45, 2.75) is 19.3 Å². The molecule has 0 unspecified atom stereocenters. The van der Waals surface area contributed by atoms with Gasteiger partial charge >= 0.3 is 12.0 Å². The van der Waals surface area contributed by atoms with E-state index in [1.165, 1.54) is 0 Å². The third-order valence-corrected chi connectivity index (χ3v) is 5.78. The van der Waals surface area contributed by atoms with Crippen LogP contribution in [0, 0.1) is 11.3 Å². The highest BCUT2D eigenvalue weighted by Crippen LogP contribution is 2.48. The number of amides is 2. The average Bonchev–Trinajstić information content (AvgIpc) is 3.28. The Hall–Kier alpha value is -2.83. The molecule has 2 heterocycles. The van der Waals surface area contributed by atoms with Crippen LogP contribution in [0.15, 0.2) is 36.7 Å². The molecule has 1 aromatic heterocycles. The van der Waals surface area contributed by atoms with E-state index in [2.05, 4.69) is 10.3 Å². The van der Waals surface area contributed by atoms with Gasteiger partial charge in [0.15, 0.2) is 0 Å². The van der Waals surface area contributed by atoms with E-state index < -0.39 is 11.4 Å². The van der Waals surface area contributed by atoms with Crippen molar-refractivity contribution in [3.8, 4) is 11.4 Å². The number of nitrogens with one attached hydrogen (secondary N) is 1. The number of benzene rings is 1. The number of rotatable bonds is 3. The van der Waals surface area contributed by atoms with Gasteiger partial charge in [-0.2, -0.15) is 0 Å². The van der Waals surface area contributed by atoms with E-state index in [0.29, 0.717) is 18.7 Å². The van der Waals surface area contributed by atoms with Crippen LogP contribution in [0.1, 0.15) is 19.3 Å². The molecule has 2 fully saturated rings. The van der Waals surface area contributed by atoms with Crippen molar-refractivity contribution in [2.24, 2.45) is 18.4 Å². The van der Waals surface area contributed by atoms with Crippen LogP contribution in [-0.4, -0.2) is 44.6 Å². The topological polar surface area (TPSA) is 87.5 Å². The normalized spacial score (nSPS) is 24.5. The maximum absolute atomic E-state index is 12.7. The van der Waals surface area contributed by atoms with Gasteiger partial charge in [-0.15, -0.1) is 0 Å². The number of hydrogen-bond donors (Lipinski definition) is 2.